The molecule has 2 N–H and O–H groups in total. The minimum atomic E-state index is -0.645. The molecule has 6 heteroatoms. The van der Waals surface area contributed by atoms with Gasteiger partial charge in [0, 0.05) is 12.3 Å². The van der Waals surface area contributed by atoms with Crippen LogP contribution in [0.15, 0.2) is 48.5 Å². The number of benzene rings is 2. The van der Waals surface area contributed by atoms with Gasteiger partial charge in [0.05, 0.1) is 24.0 Å². The van der Waals surface area contributed by atoms with Crippen molar-refractivity contribution in [1.82, 2.24) is 0 Å². The maximum absolute atomic E-state index is 12.7. The molecule has 1 aliphatic rings. The topological polar surface area (TPSA) is 76.7 Å². The molecule has 2 unspecified atom stereocenters. The minimum Gasteiger partial charge on any atom is -0.376 e. The van der Waals surface area contributed by atoms with Crippen LogP contribution in [0, 0.1) is 6.92 Å². The summed E-state index contributed by atoms with van der Waals surface area (Å²) in [5, 5.41) is 5.68. The molecule has 0 spiro atoms. The molecule has 3 rings (SSSR count). The molecule has 154 valence electrons. The maximum Gasteiger partial charge on any atom is 0.257 e. The zero-order chi connectivity index (χ0) is 20.6. The molecule has 0 bridgehead atoms. The summed E-state index contributed by atoms with van der Waals surface area (Å²) in [6.07, 6.45) is 2.56. The van der Waals surface area contributed by atoms with E-state index in [1.165, 1.54) is 0 Å². The number of hydrogen-bond acceptors (Lipinski definition) is 4. The van der Waals surface area contributed by atoms with Crippen molar-refractivity contribution < 1.29 is 19.1 Å². The number of amides is 2. The first-order chi connectivity index (χ1) is 14.0. The Morgan fingerprint density at radius 2 is 1.97 bits per heavy atom. The number of rotatable bonds is 7. The van der Waals surface area contributed by atoms with Crippen molar-refractivity contribution in [1.29, 1.82) is 0 Å². The summed E-state index contributed by atoms with van der Waals surface area (Å²) < 4.78 is 11.3. The zero-order valence-corrected chi connectivity index (χ0v) is 16.9. The lowest BCUT2D eigenvalue weighted by Gasteiger charge is -2.24. The lowest BCUT2D eigenvalue weighted by molar-refractivity contribution is -0.130. The van der Waals surface area contributed by atoms with Crippen molar-refractivity contribution in [3.05, 3.63) is 59.7 Å². The van der Waals surface area contributed by atoms with Gasteiger partial charge in [-0.15, -0.1) is 0 Å². The van der Waals surface area contributed by atoms with Crippen LogP contribution in [0.4, 0.5) is 11.4 Å². The maximum atomic E-state index is 12.7. The molecule has 1 fully saturated rings. The predicted molar refractivity (Wildman–Crippen MR) is 113 cm³/mol. The molecule has 2 atom stereocenters. The van der Waals surface area contributed by atoms with E-state index in [2.05, 4.69) is 10.6 Å². The van der Waals surface area contributed by atoms with Crippen molar-refractivity contribution in [2.75, 3.05) is 23.8 Å². The molecule has 29 heavy (non-hydrogen) atoms. The summed E-state index contributed by atoms with van der Waals surface area (Å²) in [5.74, 6) is -0.577. The third-order valence-electron chi connectivity index (χ3n) is 4.88. The van der Waals surface area contributed by atoms with Crippen LogP contribution in [0.2, 0.25) is 0 Å². The van der Waals surface area contributed by atoms with Crippen LogP contribution >= 0.6 is 0 Å². The smallest absolute Gasteiger partial charge is 0.257 e. The predicted octanol–water partition coefficient (Wildman–Crippen LogP) is 4.16. The van der Waals surface area contributed by atoms with E-state index in [0.717, 1.165) is 31.4 Å². The van der Waals surface area contributed by atoms with Crippen LogP contribution in [-0.2, 0) is 14.3 Å². The van der Waals surface area contributed by atoms with E-state index in [9.17, 15) is 9.59 Å². The number of hydrogen-bond donors (Lipinski definition) is 2. The molecule has 0 saturated carbocycles. The second-order valence-corrected chi connectivity index (χ2v) is 7.32. The first kappa shape index (κ1) is 21.0. The van der Waals surface area contributed by atoms with E-state index in [4.69, 9.17) is 9.47 Å². The van der Waals surface area contributed by atoms with Crippen molar-refractivity contribution in [3.63, 3.8) is 0 Å². The van der Waals surface area contributed by atoms with E-state index in [0.29, 0.717) is 23.5 Å². The fraction of sp³-hybridized carbons (Fsp3) is 0.391. The standard InChI is InChI=1S/C23H28N2O4/c1-16-8-7-9-18(14-16)24-23(27)20-11-3-4-12-21(20)25-22(26)17(2)29-15-19-10-5-6-13-28-19/h3-4,7-9,11-12,14,17,19H,5-6,10,13,15H2,1-2H3,(H,24,27)(H,25,26). The van der Waals surface area contributed by atoms with Crippen molar-refractivity contribution in [3.8, 4) is 0 Å². The van der Waals surface area contributed by atoms with Crippen LogP contribution < -0.4 is 10.6 Å². The molecule has 1 heterocycles. The monoisotopic (exact) mass is 396 g/mol. The van der Waals surface area contributed by atoms with Crippen molar-refractivity contribution in [2.45, 2.75) is 45.3 Å². The molecular weight excluding hydrogens is 368 g/mol. The first-order valence-electron chi connectivity index (χ1n) is 10.0. The van der Waals surface area contributed by atoms with Gasteiger partial charge >= 0.3 is 0 Å². The first-order valence-corrected chi connectivity index (χ1v) is 10.0. The second kappa shape index (κ2) is 10.2. The quantitative estimate of drug-likeness (QED) is 0.737. The molecule has 0 aliphatic carbocycles. The molecule has 2 aromatic carbocycles. The Kier molecular flexibility index (Phi) is 7.38. The van der Waals surface area contributed by atoms with E-state index in [-0.39, 0.29) is 17.9 Å². The second-order valence-electron chi connectivity index (χ2n) is 7.32. The Morgan fingerprint density at radius 3 is 2.72 bits per heavy atom. The van der Waals surface area contributed by atoms with E-state index in [1.54, 1.807) is 31.2 Å². The summed E-state index contributed by atoms with van der Waals surface area (Å²) >= 11 is 0. The van der Waals surface area contributed by atoms with Crippen molar-refractivity contribution >= 4 is 23.2 Å². The number of aryl methyl sites for hydroxylation is 1. The molecule has 1 aliphatic heterocycles. The van der Waals surface area contributed by atoms with E-state index < -0.39 is 6.10 Å². The van der Waals surface area contributed by atoms with Crippen LogP contribution in [0.5, 0.6) is 0 Å². The number of para-hydroxylation sites is 1. The van der Waals surface area contributed by atoms with E-state index >= 15 is 0 Å². The molecular formula is C23H28N2O4. The van der Waals surface area contributed by atoms with Gasteiger partial charge in [-0.3, -0.25) is 9.59 Å². The zero-order valence-electron chi connectivity index (χ0n) is 16.9. The summed E-state index contributed by atoms with van der Waals surface area (Å²) in [6, 6.07) is 14.5. The number of carbonyl (C=O) groups excluding carboxylic acids is 2. The Balaban J connectivity index is 1.60. The van der Waals surface area contributed by atoms with Gasteiger partial charge in [0.2, 0.25) is 0 Å². The molecule has 2 amide bonds. The lowest BCUT2D eigenvalue weighted by atomic mass is 10.1. The number of anilines is 2. The Hall–Kier alpha value is -2.70. The number of ether oxygens (including phenoxy) is 2. The highest BCUT2D eigenvalue weighted by molar-refractivity contribution is 6.10. The summed E-state index contributed by atoms with van der Waals surface area (Å²) in [7, 11) is 0. The molecule has 0 radical (unpaired) electrons. The third kappa shape index (κ3) is 6.14. The Bertz CT molecular complexity index is 846. The van der Waals surface area contributed by atoms with Crippen LogP contribution in [0.25, 0.3) is 0 Å². The lowest BCUT2D eigenvalue weighted by Crippen LogP contribution is -2.33. The molecule has 2 aromatic rings. The largest absolute Gasteiger partial charge is 0.376 e. The minimum absolute atomic E-state index is 0.0476. The number of nitrogens with one attached hydrogen (secondary N) is 2. The van der Waals surface area contributed by atoms with Gasteiger partial charge in [-0.25, -0.2) is 0 Å². The van der Waals surface area contributed by atoms with Gasteiger partial charge in [-0.1, -0.05) is 24.3 Å². The molecule has 1 saturated heterocycles. The van der Waals surface area contributed by atoms with Crippen LogP contribution in [0.1, 0.15) is 42.1 Å². The summed E-state index contributed by atoms with van der Waals surface area (Å²) in [6.45, 7) is 4.80. The SMILES string of the molecule is Cc1cccc(NC(=O)c2ccccc2NC(=O)C(C)OCC2CCCCO2)c1. The van der Waals surface area contributed by atoms with E-state index in [1.807, 2.05) is 31.2 Å². The number of carbonyl (C=O) groups is 2. The highest BCUT2D eigenvalue weighted by atomic mass is 16.5. The average Bonchev–Trinajstić information content (AvgIpc) is 2.73. The van der Waals surface area contributed by atoms with Gasteiger partial charge in [-0.2, -0.15) is 0 Å². The van der Waals surface area contributed by atoms with Crippen molar-refractivity contribution in [2.24, 2.45) is 0 Å². The van der Waals surface area contributed by atoms with Gasteiger partial charge in [0.25, 0.3) is 11.8 Å². The summed E-state index contributed by atoms with van der Waals surface area (Å²) in [5.41, 5.74) is 2.61. The molecule has 0 aromatic heterocycles. The average molecular weight is 396 g/mol. The van der Waals surface area contributed by atoms with Crippen LogP contribution in [0.3, 0.4) is 0 Å². The van der Waals surface area contributed by atoms with Gasteiger partial charge in [-0.05, 0) is 62.9 Å². The van der Waals surface area contributed by atoms with Crippen LogP contribution in [-0.4, -0.2) is 37.2 Å². The molecule has 6 nitrogen and oxygen atoms in total. The van der Waals surface area contributed by atoms with Gasteiger partial charge in [0.1, 0.15) is 6.10 Å². The Labute approximate surface area is 171 Å². The van der Waals surface area contributed by atoms with Gasteiger partial charge < -0.3 is 20.1 Å². The highest BCUT2D eigenvalue weighted by Crippen LogP contribution is 2.19. The summed E-state index contributed by atoms with van der Waals surface area (Å²) in [4.78, 5) is 25.3. The Morgan fingerprint density at radius 1 is 1.14 bits per heavy atom. The fourth-order valence-corrected chi connectivity index (χ4v) is 3.21. The fourth-order valence-electron chi connectivity index (χ4n) is 3.21. The normalized spacial score (nSPS) is 17.4. The third-order valence-corrected chi connectivity index (χ3v) is 4.88. The van der Waals surface area contributed by atoms with Gasteiger partial charge in [0.15, 0.2) is 0 Å². The highest BCUT2D eigenvalue weighted by Gasteiger charge is 2.20.